The quantitative estimate of drug-likeness (QED) is 0.274. The van der Waals surface area contributed by atoms with Crippen molar-refractivity contribution in [1.29, 1.82) is 0 Å². The first-order valence-corrected chi connectivity index (χ1v) is 13.7. The Morgan fingerprint density at radius 3 is 2.22 bits per heavy atom. The average Bonchev–Trinajstić information content (AvgIpc) is 2.82. The van der Waals surface area contributed by atoms with Crippen LogP contribution in [0.3, 0.4) is 0 Å². The third-order valence-electron chi connectivity index (χ3n) is 7.70. The number of aliphatic hydroxyl groups excluding tert-OH is 3. The molecule has 4 N–H and O–H groups in total. The van der Waals surface area contributed by atoms with Gasteiger partial charge in [0.1, 0.15) is 30.5 Å². The number of methoxy groups -OCH3 is 2. The highest BCUT2D eigenvalue weighted by Crippen LogP contribution is 2.33. The van der Waals surface area contributed by atoms with Gasteiger partial charge in [-0.2, -0.15) is 0 Å². The van der Waals surface area contributed by atoms with E-state index < -0.39 is 54.6 Å². The first-order valence-electron chi connectivity index (χ1n) is 13.7. The Kier molecular flexibility index (Phi) is 13.0. The van der Waals surface area contributed by atoms with E-state index in [0.717, 1.165) is 32.1 Å². The summed E-state index contributed by atoms with van der Waals surface area (Å²) in [5.74, 6) is 0.241. The highest BCUT2D eigenvalue weighted by atomic mass is 16.7. The van der Waals surface area contributed by atoms with Gasteiger partial charge in [-0.05, 0) is 39.0 Å². The van der Waals surface area contributed by atoms with Crippen molar-refractivity contribution >= 4 is 0 Å². The van der Waals surface area contributed by atoms with Gasteiger partial charge in [0.25, 0.3) is 0 Å². The van der Waals surface area contributed by atoms with Gasteiger partial charge >= 0.3 is 0 Å². The molecule has 9 heteroatoms. The normalized spacial score (nSPS) is 37.8. The minimum absolute atomic E-state index is 0.0140. The molecule has 2 rings (SSSR count). The Balaban J connectivity index is 2.03. The van der Waals surface area contributed by atoms with Gasteiger partial charge in [0.15, 0.2) is 6.29 Å². The molecule has 2 aliphatic rings. The second-order valence-electron chi connectivity index (χ2n) is 11.6. The molecule has 2 saturated heterocycles. The molecule has 214 valence electrons. The fourth-order valence-electron chi connectivity index (χ4n) is 5.37. The van der Waals surface area contributed by atoms with Gasteiger partial charge in [0, 0.05) is 26.2 Å². The SMILES string of the molecule is CCCCC(CCC(C)C)NC1C(O)C(O)C(COC2OC(COC)C(OC)C(O)C2C)OC1(C)C. The first-order chi connectivity index (χ1) is 17.0. The summed E-state index contributed by atoms with van der Waals surface area (Å²) in [7, 11) is 3.09. The van der Waals surface area contributed by atoms with Crippen molar-refractivity contribution in [2.24, 2.45) is 11.8 Å². The number of nitrogens with one attached hydrogen (secondary N) is 1. The van der Waals surface area contributed by atoms with Gasteiger partial charge in [-0.3, -0.25) is 0 Å². The van der Waals surface area contributed by atoms with Crippen LogP contribution in [0.1, 0.15) is 73.6 Å². The molecule has 0 amide bonds. The van der Waals surface area contributed by atoms with Crippen LogP contribution in [-0.4, -0.2) is 103 Å². The Labute approximate surface area is 218 Å². The van der Waals surface area contributed by atoms with Crippen LogP contribution in [0.4, 0.5) is 0 Å². The van der Waals surface area contributed by atoms with Crippen molar-refractivity contribution in [2.45, 2.75) is 134 Å². The lowest BCUT2D eigenvalue weighted by Gasteiger charge is -2.50. The van der Waals surface area contributed by atoms with Crippen LogP contribution in [-0.2, 0) is 23.7 Å². The van der Waals surface area contributed by atoms with Gasteiger partial charge in [-0.1, -0.05) is 40.5 Å². The van der Waals surface area contributed by atoms with E-state index >= 15 is 0 Å². The third-order valence-corrected chi connectivity index (χ3v) is 7.70. The van der Waals surface area contributed by atoms with Crippen molar-refractivity contribution in [3.8, 4) is 0 Å². The van der Waals surface area contributed by atoms with E-state index in [2.05, 4.69) is 26.1 Å². The second-order valence-corrected chi connectivity index (χ2v) is 11.6. The van der Waals surface area contributed by atoms with Crippen molar-refractivity contribution in [2.75, 3.05) is 27.4 Å². The Bertz CT molecular complexity index is 621. The van der Waals surface area contributed by atoms with Crippen molar-refractivity contribution < 1.29 is 39.0 Å². The number of hydrogen-bond acceptors (Lipinski definition) is 9. The average molecular weight is 520 g/mol. The molecule has 10 atom stereocenters. The first kappa shape index (κ1) is 31.9. The number of ether oxygens (including phenoxy) is 5. The lowest BCUT2D eigenvalue weighted by Crippen LogP contribution is -2.69. The van der Waals surface area contributed by atoms with E-state index in [1.54, 1.807) is 7.11 Å². The van der Waals surface area contributed by atoms with Gasteiger partial charge in [-0.15, -0.1) is 0 Å². The predicted octanol–water partition coefficient (Wildman–Crippen LogP) is 2.24. The molecule has 2 heterocycles. The van der Waals surface area contributed by atoms with Crippen LogP contribution in [0.15, 0.2) is 0 Å². The van der Waals surface area contributed by atoms with Gasteiger partial charge < -0.3 is 44.3 Å². The highest BCUT2D eigenvalue weighted by molar-refractivity contribution is 5.02. The molecule has 0 aliphatic carbocycles. The van der Waals surface area contributed by atoms with E-state index in [9.17, 15) is 15.3 Å². The summed E-state index contributed by atoms with van der Waals surface area (Å²) in [4.78, 5) is 0. The van der Waals surface area contributed by atoms with Crippen LogP contribution in [0, 0.1) is 11.8 Å². The fourth-order valence-corrected chi connectivity index (χ4v) is 5.37. The summed E-state index contributed by atoms with van der Waals surface area (Å²) in [6.45, 7) is 12.6. The minimum atomic E-state index is -1.13. The molecule has 0 aromatic rings. The summed E-state index contributed by atoms with van der Waals surface area (Å²) in [5.41, 5.74) is -0.729. The molecule has 0 aromatic heterocycles. The molecule has 0 radical (unpaired) electrons. The molecule has 36 heavy (non-hydrogen) atoms. The summed E-state index contributed by atoms with van der Waals surface area (Å²) < 4.78 is 29.0. The maximum absolute atomic E-state index is 11.2. The minimum Gasteiger partial charge on any atom is -0.390 e. The molecule has 2 aliphatic heterocycles. The van der Waals surface area contributed by atoms with E-state index in [0.29, 0.717) is 5.92 Å². The van der Waals surface area contributed by atoms with E-state index in [-0.39, 0.29) is 25.2 Å². The fraction of sp³-hybridized carbons (Fsp3) is 1.00. The molecular weight excluding hydrogens is 466 g/mol. The lowest BCUT2D eigenvalue weighted by molar-refractivity contribution is -0.304. The smallest absolute Gasteiger partial charge is 0.163 e. The predicted molar refractivity (Wildman–Crippen MR) is 138 cm³/mol. The summed E-state index contributed by atoms with van der Waals surface area (Å²) in [6, 6.07) is -0.169. The van der Waals surface area contributed by atoms with Crippen LogP contribution in [0.5, 0.6) is 0 Å². The molecule has 0 aromatic carbocycles. The van der Waals surface area contributed by atoms with Gasteiger partial charge in [-0.25, -0.2) is 0 Å². The van der Waals surface area contributed by atoms with E-state index in [1.807, 2.05) is 20.8 Å². The number of unbranched alkanes of at least 4 members (excludes halogenated alkanes) is 1. The topological polar surface area (TPSA) is 119 Å². The number of hydrogen-bond donors (Lipinski definition) is 4. The molecular formula is C27H53NO8. The van der Waals surface area contributed by atoms with Crippen molar-refractivity contribution in [3.05, 3.63) is 0 Å². The largest absolute Gasteiger partial charge is 0.390 e. The van der Waals surface area contributed by atoms with Crippen LogP contribution >= 0.6 is 0 Å². The second kappa shape index (κ2) is 14.7. The Morgan fingerprint density at radius 2 is 1.64 bits per heavy atom. The standard InChI is InChI=1S/C27H53NO8/c1-9-10-11-18(13-12-16(2)3)28-25-23(31)22(30)19(36-27(25,5)6)15-34-26-17(4)21(29)24(33-8)20(35-26)14-32-7/h16-26,28-31H,9-15H2,1-8H3. The summed E-state index contributed by atoms with van der Waals surface area (Å²) in [6.07, 6.45) is -0.0659. The molecule has 0 bridgehead atoms. The molecule has 2 fully saturated rings. The van der Waals surface area contributed by atoms with Gasteiger partial charge in [0.05, 0.1) is 31.0 Å². The monoisotopic (exact) mass is 519 g/mol. The summed E-state index contributed by atoms with van der Waals surface area (Å²) >= 11 is 0. The zero-order valence-corrected chi connectivity index (χ0v) is 23.7. The maximum atomic E-state index is 11.2. The summed E-state index contributed by atoms with van der Waals surface area (Å²) in [5, 5.41) is 36.5. The highest BCUT2D eigenvalue weighted by Gasteiger charge is 2.50. The van der Waals surface area contributed by atoms with Crippen molar-refractivity contribution in [3.63, 3.8) is 0 Å². The number of aliphatic hydroxyl groups is 3. The van der Waals surface area contributed by atoms with Crippen LogP contribution in [0.2, 0.25) is 0 Å². The zero-order chi connectivity index (χ0) is 27.0. The Hall–Kier alpha value is -0.360. The molecule has 0 saturated carbocycles. The molecule has 9 nitrogen and oxygen atoms in total. The lowest BCUT2D eigenvalue weighted by atomic mass is 9.83. The number of rotatable bonds is 14. The third kappa shape index (κ3) is 8.32. The van der Waals surface area contributed by atoms with E-state index in [4.69, 9.17) is 23.7 Å². The maximum Gasteiger partial charge on any atom is 0.163 e. The van der Waals surface area contributed by atoms with Crippen LogP contribution < -0.4 is 5.32 Å². The zero-order valence-electron chi connectivity index (χ0n) is 23.7. The van der Waals surface area contributed by atoms with Crippen molar-refractivity contribution in [1.82, 2.24) is 5.32 Å². The van der Waals surface area contributed by atoms with Gasteiger partial charge in [0.2, 0.25) is 0 Å². The van der Waals surface area contributed by atoms with Crippen LogP contribution in [0.25, 0.3) is 0 Å². The Morgan fingerprint density at radius 1 is 0.944 bits per heavy atom. The van der Waals surface area contributed by atoms with E-state index in [1.165, 1.54) is 7.11 Å². The molecule has 10 unspecified atom stereocenters. The molecule has 0 spiro atoms.